The van der Waals surface area contributed by atoms with Crippen LogP contribution < -0.4 is 15.8 Å². The number of aliphatic hydroxyl groups is 1. The SMILES string of the molecule is CC(O)(CN=C(N)NC1CCOc2ccccc21)c1ccsc1. The summed E-state index contributed by atoms with van der Waals surface area (Å²) in [5.74, 6) is 1.22. The Bertz CT molecular complexity index is 683. The number of para-hydroxylation sites is 1. The van der Waals surface area contributed by atoms with Crippen molar-refractivity contribution in [1.82, 2.24) is 5.32 Å². The van der Waals surface area contributed by atoms with Gasteiger partial charge in [0.15, 0.2) is 5.96 Å². The molecule has 0 saturated heterocycles. The van der Waals surface area contributed by atoms with Gasteiger partial charge in [-0.2, -0.15) is 11.3 Å². The Labute approximate surface area is 139 Å². The van der Waals surface area contributed by atoms with E-state index < -0.39 is 5.60 Å². The Morgan fingerprint density at radius 3 is 3.09 bits per heavy atom. The minimum absolute atomic E-state index is 0.0785. The first-order valence-electron chi connectivity index (χ1n) is 7.59. The number of nitrogens with two attached hydrogens (primary N) is 1. The lowest BCUT2D eigenvalue weighted by atomic mass is 10.00. The van der Waals surface area contributed by atoms with Gasteiger partial charge in [0.1, 0.15) is 11.4 Å². The molecular formula is C17H21N3O2S. The lowest BCUT2D eigenvalue weighted by molar-refractivity contribution is 0.0677. The van der Waals surface area contributed by atoms with Crippen LogP contribution in [0.4, 0.5) is 0 Å². The Kier molecular flexibility index (Phi) is 4.54. The predicted octanol–water partition coefficient (Wildman–Crippen LogP) is 2.38. The minimum Gasteiger partial charge on any atom is -0.493 e. The number of nitrogens with zero attached hydrogens (tertiary/aromatic N) is 1. The number of fused-ring (bicyclic) bond motifs is 1. The molecule has 1 aliphatic rings. The fourth-order valence-electron chi connectivity index (χ4n) is 2.62. The standard InChI is InChI=1S/C17H21N3O2S/c1-17(21,12-7-9-23-10-12)11-19-16(18)20-14-6-8-22-15-5-3-2-4-13(14)15/h2-5,7,9-10,14,21H,6,8,11H2,1H3,(H3,18,19,20). The van der Waals surface area contributed by atoms with Crippen LogP contribution >= 0.6 is 11.3 Å². The summed E-state index contributed by atoms with van der Waals surface area (Å²) in [7, 11) is 0. The number of ether oxygens (including phenoxy) is 1. The van der Waals surface area contributed by atoms with Crippen molar-refractivity contribution in [1.29, 1.82) is 0 Å². The van der Waals surface area contributed by atoms with E-state index >= 15 is 0 Å². The summed E-state index contributed by atoms with van der Waals surface area (Å²) in [5, 5.41) is 17.6. The Morgan fingerprint density at radius 1 is 1.48 bits per heavy atom. The van der Waals surface area contributed by atoms with Crippen LogP contribution in [0.5, 0.6) is 5.75 Å². The third-order valence-electron chi connectivity index (χ3n) is 3.98. The van der Waals surface area contributed by atoms with Crippen molar-refractivity contribution >= 4 is 17.3 Å². The summed E-state index contributed by atoms with van der Waals surface area (Å²) in [5.41, 5.74) is 6.94. The normalized spacial score (nSPS) is 20.3. The molecule has 0 fully saturated rings. The average molecular weight is 331 g/mol. The molecule has 0 bridgehead atoms. The maximum Gasteiger partial charge on any atom is 0.189 e. The highest BCUT2D eigenvalue weighted by atomic mass is 32.1. The number of guanidine groups is 1. The van der Waals surface area contributed by atoms with E-state index in [1.165, 1.54) is 0 Å². The van der Waals surface area contributed by atoms with Crippen molar-refractivity contribution in [3.63, 3.8) is 0 Å². The van der Waals surface area contributed by atoms with E-state index in [9.17, 15) is 5.11 Å². The third kappa shape index (κ3) is 3.65. The van der Waals surface area contributed by atoms with Gasteiger partial charge in [0.2, 0.25) is 0 Å². The lowest BCUT2D eigenvalue weighted by Crippen LogP contribution is -2.38. The van der Waals surface area contributed by atoms with Gasteiger partial charge in [0.25, 0.3) is 0 Å². The molecule has 3 rings (SSSR count). The molecular weight excluding hydrogens is 310 g/mol. The highest BCUT2D eigenvalue weighted by molar-refractivity contribution is 7.08. The van der Waals surface area contributed by atoms with Gasteiger partial charge in [0.05, 0.1) is 19.2 Å². The predicted molar refractivity (Wildman–Crippen MR) is 92.8 cm³/mol. The molecule has 0 spiro atoms. The summed E-state index contributed by atoms with van der Waals surface area (Å²) in [6.45, 7) is 2.61. The highest BCUT2D eigenvalue weighted by Gasteiger charge is 2.24. The third-order valence-corrected chi connectivity index (χ3v) is 4.66. The molecule has 0 aliphatic carbocycles. The van der Waals surface area contributed by atoms with Gasteiger partial charge in [-0.3, -0.25) is 4.99 Å². The second-order valence-corrected chi connectivity index (χ2v) is 6.64. The number of rotatable bonds is 4. The van der Waals surface area contributed by atoms with E-state index in [4.69, 9.17) is 10.5 Å². The van der Waals surface area contributed by atoms with Gasteiger partial charge in [0, 0.05) is 12.0 Å². The van der Waals surface area contributed by atoms with Crippen molar-refractivity contribution in [3.8, 4) is 5.75 Å². The smallest absolute Gasteiger partial charge is 0.189 e. The lowest BCUT2D eigenvalue weighted by Gasteiger charge is -2.27. The van der Waals surface area contributed by atoms with Crippen LogP contribution in [0.3, 0.4) is 0 Å². The topological polar surface area (TPSA) is 79.9 Å². The molecule has 0 radical (unpaired) electrons. The van der Waals surface area contributed by atoms with E-state index in [-0.39, 0.29) is 12.6 Å². The van der Waals surface area contributed by atoms with Crippen LogP contribution in [0.25, 0.3) is 0 Å². The number of benzene rings is 1. The number of aliphatic imine (C=N–C) groups is 1. The molecule has 0 saturated carbocycles. The number of nitrogens with one attached hydrogen (secondary N) is 1. The van der Waals surface area contributed by atoms with Crippen molar-refractivity contribution in [2.24, 2.45) is 10.7 Å². The summed E-state index contributed by atoms with van der Waals surface area (Å²) in [6.07, 6.45) is 0.828. The summed E-state index contributed by atoms with van der Waals surface area (Å²) < 4.78 is 5.64. The number of hydrogen-bond acceptors (Lipinski definition) is 4. The summed E-state index contributed by atoms with van der Waals surface area (Å²) in [4.78, 5) is 4.32. The highest BCUT2D eigenvalue weighted by Crippen LogP contribution is 2.31. The number of hydrogen-bond donors (Lipinski definition) is 3. The van der Waals surface area contributed by atoms with Crippen LogP contribution in [0.1, 0.15) is 30.5 Å². The van der Waals surface area contributed by atoms with E-state index in [0.29, 0.717) is 12.6 Å². The molecule has 23 heavy (non-hydrogen) atoms. The molecule has 4 N–H and O–H groups in total. The first-order valence-corrected chi connectivity index (χ1v) is 8.54. The number of thiophene rings is 1. The zero-order valence-corrected chi connectivity index (χ0v) is 13.8. The molecule has 6 heteroatoms. The quantitative estimate of drug-likeness (QED) is 0.594. The Balaban J connectivity index is 1.67. The molecule has 2 atom stereocenters. The van der Waals surface area contributed by atoms with Crippen molar-refractivity contribution < 1.29 is 9.84 Å². The molecule has 2 heterocycles. The fraction of sp³-hybridized carbons (Fsp3) is 0.353. The van der Waals surface area contributed by atoms with Gasteiger partial charge in [-0.05, 0) is 35.4 Å². The van der Waals surface area contributed by atoms with Crippen molar-refractivity contribution in [2.75, 3.05) is 13.2 Å². The van der Waals surface area contributed by atoms with Gasteiger partial charge in [-0.25, -0.2) is 0 Å². The second-order valence-electron chi connectivity index (χ2n) is 5.86. The van der Waals surface area contributed by atoms with Crippen LogP contribution in [-0.4, -0.2) is 24.2 Å². The monoisotopic (exact) mass is 331 g/mol. The Morgan fingerprint density at radius 2 is 2.30 bits per heavy atom. The maximum absolute atomic E-state index is 10.5. The first kappa shape index (κ1) is 15.8. The Hall–Kier alpha value is -2.05. The molecule has 0 amide bonds. The maximum atomic E-state index is 10.5. The van der Waals surface area contributed by atoms with Gasteiger partial charge < -0.3 is 20.9 Å². The molecule has 1 aliphatic heterocycles. The summed E-state index contributed by atoms with van der Waals surface area (Å²) in [6, 6.07) is 9.90. The van der Waals surface area contributed by atoms with Crippen LogP contribution in [0.2, 0.25) is 0 Å². The average Bonchev–Trinajstić information content (AvgIpc) is 3.09. The van der Waals surface area contributed by atoms with E-state index in [0.717, 1.165) is 23.3 Å². The van der Waals surface area contributed by atoms with E-state index in [1.807, 2.05) is 41.1 Å². The van der Waals surface area contributed by atoms with Crippen LogP contribution in [-0.2, 0) is 5.60 Å². The van der Waals surface area contributed by atoms with Crippen molar-refractivity contribution in [2.45, 2.75) is 25.0 Å². The van der Waals surface area contributed by atoms with Crippen LogP contribution in [0.15, 0.2) is 46.1 Å². The largest absolute Gasteiger partial charge is 0.493 e. The van der Waals surface area contributed by atoms with Gasteiger partial charge in [-0.15, -0.1) is 0 Å². The van der Waals surface area contributed by atoms with Crippen molar-refractivity contribution in [3.05, 3.63) is 52.2 Å². The van der Waals surface area contributed by atoms with Crippen LogP contribution in [0, 0.1) is 0 Å². The molecule has 2 aromatic rings. The van der Waals surface area contributed by atoms with Gasteiger partial charge >= 0.3 is 0 Å². The molecule has 122 valence electrons. The zero-order chi connectivity index (χ0) is 16.3. The molecule has 1 aromatic heterocycles. The fourth-order valence-corrected chi connectivity index (χ4v) is 3.40. The first-order chi connectivity index (χ1) is 11.1. The molecule has 2 unspecified atom stereocenters. The minimum atomic E-state index is -1.01. The molecule has 5 nitrogen and oxygen atoms in total. The summed E-state index contributed by atoms with van der Waals surface area (Å²) >= 11 is 1.55. The van der Waals surface area contributed by atoms with E-state index in [1.54, 1.807) is 18.3 Å². The zero-order valence-electron chi connectivity index (χ0n) is 13.0. The molecule has 1 aromatic carbocycles. The second kappa shape index (κ2) is 6.60. The van der Waals surface area contributed by atoms with Gasteiger partial charge in [-0.1, -0.05) is 18.2 Å². The van der Waals surface area contributed by atoms with E-state index in [2.05, 4.69) is 10.3 Å².